The molecule has 0 saturated carbocycles. The number of halogens is 1. The lowest BCUT2D eigenvalue weighted by Gasteiger charge is -2.13. The highest BCUT2D eigenvalue weighted by atomic mass is 19.1. The van der Waals surface area contributed by atoms with E-state index in [4.69, 9.17) is 10.5 Å². The maximum absolute atomic E-state index is 13.6. The largest absolute Gasteiger partial charge is 0.493 e. The van der Waals surface area contributed by atoms with Crippen molar-refractivity contribution in [1.82, 2.24) is 9.78 Å². The van der Waals surface area contributed by atoms with E-state index in [0.29, 0.717) is 16.7 Å². The van der Waals surface area contributed by atoms with E-state index < -0.39 is 11.7 Å². The molecule has 27 heavy (non-hydrogen) atoms. The minimum atomic E-state index is -0.484. The van der Waals surface area contributed by atoms with Crippen LogP contribution in [0, 0.1) is 11.7 Å². The third kappa shape index (κ3) is 3.21. The Morgan fingerprint density at radius 2 is 1.93 bits per heavy atom. The molecule has 4 aromatic rings. The summed E-state index contributed by atoms with van der Waals surface area (Å²) >= 11 is 0. The maximum Gasteiger partial charge on any atom is 0.253 e. The molecule has 0 aliphatic heterocycles. The van der Waals surface area contributed by atoms with Crippen LogP contribution in [0.3, 0.4) is 0 Å². The molecule has 0 fully saturated rings. The predicted molar refractivity (Wildman–Crippen MR) is 103 cm³/mol. The Bertz CT molecular complexity index is 1150. The number of nitrogens with zero attached hydrogens (tertiary/aromatic N) is 2. The summed E-state index contributed by atoms with van der Waals surface area (Å²) in [6, 6.07) is 17.8. The van der Waals surface area contributed by atoms with E-state index in [-0.39, 0.29) is 18.3 Å². The number of fused-ring (bicyclic) bond motifs is 2. The Balaban J connectivity index is 1.53. The van der Waals surface area contributed by atoms with Gasteiger partial charge in [0.2, 0.25) is 0 Å². The van der Waals surface area contributed by atoms with Gasteiger partial charge in [-0.15, -0.1) is 5.10 Å². The van der Waals surface area contributed by atoms with Crippen molar-refractivity contribution in [2.45, 2.75) is 6.92 Å². The number of carbonyl (C=O) groups excluding carboxylic acids is 1. The molecule has 1 atom stereocenters. The summed E-state index contributed by atoms with van der Waals surface area (Å²) in [7, 11) is 0. The molecule has 0 aliphatic carbocycles. The summed E-state index contributed by atoms with van der Waals surface area (Å²) < 4.78 is 20.5. The van der Waals surface area contributed by atoms with Gasteiger partial charge in [0.05, 0.1) is 18.0 Å². The fraction of sp³-hybridized carbons (Fsp3) is 0.143. The van der Waals surface area contributed by atoms with Gasteiger partial charge in [0.25, 0.3) is 5.91 Å². The van der Waals surface area contributed by atoms with Crippen molar-refractivity contribution >= 4 is 33.4 Å². The first-order chi connectivity index (χ1) is 13.0. The number of benzene rings is 3. The second-order valence-corrected chi connectivity index (χ2v) is 6.52. The van der Waals surface area contributed by atoms with Crippen molar-refractivity contribution in [3.05, 3.63) is 66.5 Å². The molecule has 0 amide bonds. The number of nitrogens with two attached hydrogens (primary N) is 1. The predicted octanol–water partition coefficient (Wildman–Crippen LogP) is 4.27. The Hall–Kier alpha value is -3.41. The van der Waals surface area contributed by atoms with Gasteiger partial charge in [0, 0.05) is 11.5 Å². The Kier molecular flexibility index (Phi) is 4.24. The Labute approximate surface area is 155 Å². The van der Waals surface area contributed by atoms with Gasteiger partial charge in [-0.1, -0.05) is 37.3 Å². The topological polar surface area (TPSA) is 70.1 Å². The zero-order valence-corrected chi connectivity index (χ0v) is 14.7. The molecule has 1 aromatic heterocycles. The number of hydrogen-bond donors (Lipinski definition) is 1. The summed E-state index contributed by atoms with van der Waals surface area (Å²) in [5.74, 6) is -0.355. The molecule has 2 N–H and O–H groups in total. The normalized spacial score (nSPS) is 12.4. The van der Waals surface area contributed by atoms with Crippen molar-refractivity contribution in [3.8, 4) is 5.75 Å². The zero-order valence-electron chi connectivity index (χ0n) is 14.7. The highest BCUT2D eigenvalue weighted by molar-refractivity contribution is 5.97. The molecule has 0 radical (unpaired) electrons. The van der Waals surface area contributed by atoms with Gasteiger partial charge in [-0.3, -0.25) is 4.79 Å². The number of hydrogen-bond acceptors (Lipinski definition) is 4. The third-order valence-electron chi connectivity index (χ3n) is 4.52. The molecular weight excluding hydrogens is 345 g/mol. The van der Waals surface area contributed by atoms with Gasteiger partial charge in [0.15, 0.2) is 5.82 Å². The summed E-state index contributed by atoms with van der Waals surface area (Å²) in [6.45, 7) is 1.92. The fourth-order valence-electron chi connectivity index (χ4n) is 3.04. The first-order valence-electron chi connectivity index (χ1n) is 8.62. The van der Waals surface area contributed by atoms with Crippen LogP contribution in [0.15, 0.2) is 60.7 Å². The first-order valence-corrected chi connectivity index (χ1v) is 8.62. The average Bonchev–Trinajstić information content (AvgIpc) is 3.01. The van der Waals surface area contributed by atoms with Crippen LogP contribution in [0.5, 0.6) is 5.75 Å². The SMILES string of the molecule is C[C@@H](COc1ccc2ccccc2c1)C(=O)n1nc(N)c2ccc(F)cc21. The van der Waals surface area contributed by atoms with Crippen LogP contribution in [0.2, 0.25) is 0 Å². The van der Waals surface area contributed by atoms with Crippen LogP contribution < -0.4 is 10.5 Å². The van der Waals surface area contributed by atoms with E-state index >= 15 is 0 Å². The number of carbonyl (C=O) groups is 1. The second kappa shape index (κ2) is 6.72. The lowest BCUT2D eigenvalue weighted by atomic mass is 10.1. The standard InChI is InChI=1S/C21H18FN3O2/c1-13(12-27-17-8-6-14-4-2-3-5-15(14)10-17)21(26)25-19-11-16(22)7-9-18(19)20(23)24-25/h2-11,13H,12H2,1H3,(H2,23,24)/t13-/m0/s1. The molecule has 5 nitrogen and oxygen atoms in total. The fourth-order valence-corrected chi connectivity index (χ4v) is 3.04. The summed E-state index contributed by atoms with van der Waals surface area (Å²) in [4.78, 5) is 12.8. The molecule has 0 spiro atoms. The van der Waals surface area contributed by atoms with Crippen molar-refractivity contribution in [3.63, 3.8) is 0 Å². The van der Waals surface area contributed by atoms with Gasteiger partial charge in [0.1, 0.15) is 11.6 Å². The number of rotatable bonds is 4. The van der Waals surface area contributed by atoms with Gasteiger partial charge in [-0.05, 0) is 35.0 Å². The van der Waals surface area contributed by atoms with Gasteiger partial charge in [-0.25, -0.2) is 4.39 Å². The lowest BCUT2D eigenvalue weighted by Crippen LogP contribution is -2.25. The first kappa shape index (κ1) is 17.0. The van der Waals surface area contributed by atoms with Crippen LogP contribution in [0.1, 0.15) is 11.7 Å². The van der Waals surface area contributed by atoms with Crippen molar-refractivity contribution in [2.75, 3.05) is 12.3 Å². The van der Waals surface area contributed by atoms with E-state index in [1.807, 2.05) is 42.5 Å². The van der Waals surface area contributed by atoms with Gasteiger partial charge < -0.3 is 10.5 Å². The van der Waals surface area contributed by atoms with Crippen LogP contribution in [0.4, 0.5) is 10.2 Å². The average molecular weight is 363 g/mol. The molecule has 0 saturated heterocycles. The highest BCUT2D eigenvalue weighted by Crippen LogP contribution is 2.24. The lowest BCUT2D eigenvalue weighted by molar-refractivity contribution is 0.0792. The van der Waals surface area contributed by atoms with E-state index in [0.717, 1.165) is 15.5 Å². The monoisotopic (exact) mass is 363 g/mol. The second-order valence-electron chi connectivity index (χ2n) is 6.52. The van der Waals surface area contributed by atoms with E-state index in [2.05, 4.69) is 5.10 Å². The quantitative estimate of drug-likeness (QED) is 0.588. The minimum Gasteiger partial charge on any atom is -0.493 e. The number of aromatic nitrogens is 2. The van der Waals surface area contributed by atoms with Crippen LogP contribution in [-0.4, -0.2) is 22.3 Å². The van der Waals surface area contributed by atoms with Gasteiger partial charge in [-0.2, -0.15) is 4.68 Å². The molecule has 1 heterocycles. The van der Waals surface area contributed by atoms with Crippen LogP contribution in [0.25, 0.3) is 21.7 Å². The molecule has 6 heteroatoms. The van der Waals surface area contributed by atoms with E-state index in [9.17, 15) is 9.18 Å². The van der Waals surface area contributed by atoms with Crippen LogP contribution in [-0.2, 0) is 0 Å². The summed E-state index contributed by atoms with van der Waals surface area (Å²) in [5.41, 5.74) is 6.20. The van der Waals surface area contributed by atoms with Crippen molar-refractivity contribution < 1.29 is 13.9 Å². The number of anilines is 1. The van der Waals surface area contributed by atoms with E-state index in [1.54, 1.807) is 6.92 Å². The van der Waals surface area contributed by atoms with Crippen LogP contribution >= 0.6 is 0 Å². The third-order valence-corrected chi connectivity index (χ3v) is 4.52. The maximum atomic E-state index is 13.6. The smallest absolute Gasteiger partial charge is 0.253 e. The molecule has 4 rings (SSSR count). The zero-order chi connectivity index (χ0) is 19.0. The minimum absolute atomic E-state index is 0.174. The van der Waals surface area contributed by atoms with Crippen molar-refractivity contribution in [1.29, 1.82) is 0 Å². The summed E-state index contributed by atoms with van der Waals surface area (Å²) in [5, 5.41) is 6.80. The Morgan fingerprint density at radius 1 is 1.15 bits per heavy atom. The molecule has 3 aromatic carbocycles. The molecule has 0 aliphatic rings. The molecule has 136 valence electrons. The molecule has 0 bridgehead atoms. The summed E-state index contributed by atoms with van der Waals surface area (Å²) in [6.07, 6.45) is 0. The number of nitrogen functional groups attached to an aromatic ring is 1. The van der Waals surface area contributed by atoms with Gasteiger partial charge >= 0.3 is 0 Å². The Morgan fingerprint density at radius 3 is 2.74 bits per heavy atom. The van der Waals surface area contributed by atoms with E-state index in [1.165, 1.54) is 18.2 Å². The molecular formula is C21H18FN3O2. The highest BCUT2D eigenvalue weighted by Gasteiger charge is 2.21. The number of ether oxygens (including phenoxy) is 1. The molecule has 0 unspecified atom stereocenters. The van der Waals surface area contributed by atoms with Crippen molar-refractivity contribution in [2.24, 2.45) is 5.92 Å².